The fourth-order valence-corrected chi connectivity index (χ4v) is 5.04. The summed E-state index contributed by atoms with van der Waals surface area (Å²) in [6, 6.07) is 7.98. The molecule has 0 saturated heterocycles. The number of aromatic nitrogens is 1. The molecule has 0 radical (unpaired) electrons. The minimum absolute atomic E-state index is 0. The number of carbonyl (C=O) groups excluding carboxylic acids is 1. The monoisotopic (exact) mass is 457 g/mol. The molecule has 1 aromatic carbocycles. The predicted octanol–water partition coefficient (Wildman–Crippen LogP) is 5.58. The standard InChI is InChI=1S/C20H24ClN3OS2.ClH/c1-13-6-8-16-19(14(13)2)22-20(27-16)24(11-5-10-23(3)4)18(25)12-15-7-9-17(21)26-15;/h6-9H,5,10-12H2,1-4H3;1H. The van der Waals surface area contributed by atoms with Crippen LogP contribution in [0.25, 0.3) is 10.2 Å². The number of fused-ring (bicyclic) bond motifs is 1. The Kier molecular flexibility index (Phi) is 8.28. The number of halogens is 2. The molecule has 0 saturated carbocycles. The van der Waals surface area contributed by atoms with E-state index >= 15 is 0 Å². The van der Waals surface area contributed by atoms with Gasteiger partial charge in [-0.2, -0.15) is 0 Å². The maximum atomic E-state index is 13.1. The van der Waals surface area contributed by atoms with Gasteiger partial charge in [-0.05, 0) is 70.2 Å². The van der Waals surface area contributed by atoms with E-state index in [1.807, 2.05) is 31.1 Å². The second kappa shape index (κ2) is 10.0. The summed E-state index contributed by atoms with van der Waals surface area (Å²) in [4.78, 5) is 22.9. The Labute approximate surface area is 185 Å². The third-order valence-electron chi connectivity index (χ3n) is 4.55. The molecule has 2 heterocycles. The fraction of sp³-hybridized carbons (Fsp3) is 0.400. The molecule has 3 rings (SSSR count). The molecule has 0 unspecified atom stereocenters. The Morgan fingerprint density at radius 1 is 1.11 bits per heavy atom. The van der Waals surface area contributed by atoms with Crippen LogP contribution in [-0.2, 0) is 11.2 Å². The van der Waals surface area contributed by atoms with E-state index in [1.54, 1.807) is 11.3 Å². The van der Waals surface area contributed by atoms with Gasteiger partial charge >= 0.3 is 0 Å². The van der Waals surface area contributed by atoms with E-state index < -0.39 is 0 Å². The van der Waals surface area contributed by atoms with Crippen molar-refractivity contribution < 1.29 is 4.79 Å². The fourth-order valence-electron chi connectivity index (χ4n) is 2.89. The van der Waals surface area contributed by atoms with Crippen LogP contribution in [0.4, 0.5) is 5.13 Å². The number of anilines is 1. The average Bonchev–Trinajstić information content (AvgIpc) is 3.21. The van der Waals surface area contributed by atoms with Crippen molar-refractivity contribution in [2.75, 3.05) is 32.1 Å². The molecule has 3 aromatic rings. The van der Waals surface area contributed by atoms with E-state index in [9.17, 15) is 4.79 Å². The first-order valence-corrected chi connectivity index (χ1v) is 10.9. The topological polar surface area (TPSA) is 36.4 Å². The minimum Gasteiger partial charge on any atom is -0.309 e. The van der Waals surface area contributed by atoms with Gasteiger partial charge in [-0.25, -0.2) is 4.98 Å². The molecule has 8 heteroatoms. The smallest absolute Gasteiger partial charge is 0.234 e. The zero-order valence-corrected chi connectivity index (χ0v) is 19.7. The Hall–Kier alpha value is -1.18. The molecule has 4 nitrogen and oxygen atoms in total. The van der Waals surface area contributed by atoms with Crippen molar-refractivity contribution in [3.8, 4) is 0 Å². The average molecular weight is 458 g/mol. The van der Waals surface area contributed by atoms with E-state index in [0.29, 0.717) is 17.3 Å². The van der Waals surface area contributed by atoms with Crippen molar-refractivity contribution in [1.82, 2.24) is 9.88 Å². The number of thiophene rings is 1. The Morgan fingerprint density at radius 3 is 2.50 bits per heavy atom. The second-order valence-corrected chi connectivity index (χ2v) is 9.74. The summed E-state index contributed by atoms with van der Waals surface area (Å²) in [5, 5.41) is 0.783. The maximum absolute atomic E-state index is 13.1. The third kappa shape index (κ3) is 5.45. The Morgan fingerprint density at radius 2 is 1.86 bits per heavy atom. The molecular formula is C20H25Cl2N3OS2. The zero-order valence-electron chi connectivity index (χ0n) is 16.5. The summed E-state index contributed by atoms with van der Waals surface area (Å²) < 4.78 is 1.83. The van der Waals surface area contributed by atoms with Crippen molar-refractivity contribution in [2.45, 2.75) is 26.7 Å². The number of hydrogen-bond donors (Lipinski definition) is 0. The van der Waals surface area contributed by atoms with Gasteiger partial charge in [0.2, 0.25) is 5.91 Å². The molecule has 0 fully saturated rings. The molecule has 0 aliphatic rings. The van der Waals surface area contributed by atoms with Crippen LogP contribution in [0.1, 0.15) is 22.4 Å². The summed E-state index contributed by atoms with van der Waals surface area (Å²) in [5.41, 5.74) is 3.40. The van der Waals surface area contributed by atoms with Gasteiger partial charge in [0, 0.05) is 11.4 Å². The number of carbonyl (C=O) groups is 1. The number of hydrogen-bond acceptors (Lipinski definition) is 5. The van der Waals surface area contributed by atoms with E-state index in [0.717, 1.165) is 33.2 Å². The van der Waals surface area contributed by atoms with E-state index in [2.05, 4.69) is 30.9 Å². The van der Waals surface area contributed by atoms with E-state index in [1.165, 1.54) is 22.5 Å². The molecule has 0 spiro atoms. The lowest BCUT2D eigenvalue weighted by atomic mass is 10.1. The summed E-state index contributed by atoms with van der Waals surface area (Å²) in [7, 11) is 4.09. The van der Waals surface area contributed by atoms with Gasteiger partial charge < -0.3 is 4.90 Å². The van der Waals surface area contributed by atoms with Gasteiger partial charge in [0.15, 0.2) is 5.13 Å². The van der Waals surface area contributed by atoms with Crippen LogP contribution < -0.4 is 4.90 Å². The molecule has 0 bridgehead atoms. The molecule has 28 heavy (non-hydrogen) atoms. The summed E-state index contributed by atoms with van der Waals surface area (Å²) in [6.07, 6.45) is 1.26. The Balaban J connectivity index is 0.00000280. The molecular weight excluding hydrogens is 433 g/mol. The minimum atomic E-state index is 0. The van der Waals surface area contributed by atoms with Crippen molar-refractivity contribution in [3.05, 3.63) is 44.6 Å². The number of aryl methyl sites for hydroxylation is 2. The lowest BCUT2D eigenvalue weighted by molar-refractivity contribution is -0.118. The maximum Gasteiger partial charge on any atom is 0.234 e. The molecule has 1 amide bonds. The highest BCUT2D eigenvalue weighted by Crippen LogP contribution is 2.32. The molecule has 2 aromatic heterocycles. The largest absolute Gasteiger partial charge is 0.309 e. The first-order chi connectivity index (χ1) is 12.8. The highest BCUT2D eigenvalue weighted by molar-refractivity contribution is 7.22. The van der Waals surface area contributed by atoms with Crippen LogP contribution in [0, 0.1) is 13.8 Å². The van der Waals surface area contributed by atoms with Gasteiger partial charge in [-0.15, -0.1) is 23.7 Å². The molecule has 0 aliphatic carbocycles. The van der Waals surface area contributed by atoms with Crippen LogP contribution in [0.5, 0.6) is 0 Å². The summed E-state index contributed by atoms with van der Waals surface area (Å²) in [6.45, 7) is 5.77. The van der Waals surface area contributed by atoms with Crippen molar-refractivity contribution in [3.63, 3.8) is 0 Å². The van der Waals surface area contributed by atoms with Crippen LogP contribution >= 0.6 is 46.7 Å². The van der Waals surface area contributed by atoms with Gasteiger partial charge in [0.1, 0.15) is 0 Å². The number of amides is 1. The molecule has 152 valence electrons. The lowest BCUT2D eigenvalue weighted by Crippen LogP contribution is -2.34. The number of thiazole rings is 1. The van der Waals surface area contributed by atoms with Gasteiger partial charge in [-0.3, -0.25) is 9.69 Å². The van der Waals surface area contributed by atoms with Crippen molar-refractivity contribution in [1.29, 1.82) is 0 Å². The third-order valence-corrected chi connectivity index (χ3v) is 6.82. The summed E-state index contributed by atoms with van der Waals surface area (Å²) >= 11 is 9.07. The van der Waals surface area contributed by atoms with Gasteiger partial charge in [-0.1, -0.05) is 29.0 Å². The molecule has 0 aliphatic heterocycles. The second-order valence-electron chi connectivity index (χ2n) is 6.94. The van der Waals surface area contributed by atoms with E-state index in [-0.39, 0.29) is 18.3 Å². The van der Waals surface area contributed by atoms with Crippen molar-refractivity contribution >= 4 is 67.9 Å². The van der Waals surface area contributed by atoms with Crippen molar-refractivity contribution in [2.24, 2.45) is 0 Å². The van der Waals surface area contributed by atoms with Crippen LogP contribution in [-0.4, -0.2) is 43.0 Å². The summed E-state index contributed by atoms with van der Waals surface area (Å²) in [5.74, 6) is 0.0701. The molecule has 0 N–H and O–H groups in total. The van der Waals surface area contributed by atoms with Gasteiger partial charge in [0.05, 0.1) is 21.0 Å². The lowest BCUT2D eigenvalue weighted by Gasteiger charge is -2.20. The zero-order chi connectivity index (χ0) is 19.6. The number of benzene rings is 1. The van der Waals surface area contributed by atoms with Crippen LogP contribution in [0.3, 0.4) is 0 Å². The quantitative estimate of drug-likeness (QED) is 0.464. The van der Waals surface area contributed by atoms with E-state index in [4.69, 9.17) is 16.6 Å². The Bertz CT molecular complexity index is 952. The van der Waals surface area contributed by atoms with Crippen LogP contribution in [0.15, 0.2) is 24.3 Å². The molecule has 0 atom stereocenters. The first kappa shape index (κ1) is 23.1. The van der Waals surface area contributed by atoms with Gasteiger partial charge in [0.25, 0.3) is 0 Å². The highest BCUT2D eigenvalue weighted by atomic mass is 35.5. The first-order valence-electron chi connectivity index (χ1n) is 8.91. The predicted molar refractivity (Wildman–Crippen MR) is 125 cm³/mol. The SMILES string of the molecule is Cc1ccc2sc(N(CCCN(C)C)C(=O)Cc3ccc(Cl)s3)nc2c1C.Cl. The van der Waals surface area contributed by atoms with Crippen LogP contribution in [0.2, 0.25) is 4.34 Å². The number of rotatable bonds is 7. The number of nitrogens with zero attached hydrogens (tertiary/aromatic N) is 3. The normalized spacial score (nSPS) is 11.1. The highest BCUT2D eigenvalue weighted by Gasteiger charge is 2.21.